The molecule has 1 aromatic rings. The van der Waals surface area contributed by atoms with E-state index in [0.29, 0.717) is 5.92 Å². The van der Waals surface area contributed by atoms with Gasteiger partial charge >= 0.3 is 6.03 Å². The second-order valence-corrected chi connectivity index (χ2v) is 5.92. The summed E-state index contributed by atoms with van der Waals surface area (Å²) < 4.78 is 0. The van der Waals surface area contributed by atoms with Gasteiger partial charge in [-0.05, 0) is 30.2 Å². The van der Waals surface area contributed by atoms with Crippen LogP contribution in [0.2, 0.25) is 0 Å². The highest BCUT2D eigenvalue weighted by Gasteiger charge is 2.05. The van der Waals surface area contributed by atoms with Gasteiger partial charge in [-0.1, -0.05) is 26.0 Å². The molecule has 6 heteroatoms. The number of urea groups is 1. The number of nitrogens with two attached hydrogens (primary N) is 1. The van der Waals surface area contributed by atoms with Crippen LogP contribution < -0.4 is 16.4 Å². The monoisotopic (exact) mass is 295 g/mol. The molecule has 0 fully saturated rings. The van der Waals surface area contributed by atoms with Crippen LogP contribution >= 0.6 is 11.8 Å². The van der Waals surface area contributed by atoms with Gasteiger partial charge in [0.05, 0.1) is 5.75 Å². The number of primary amides is 1. The lowest BCUT2D eigenvalue weighted by molar-refractivity contribution is -0.117. The molecule has 0 aliphatic heterocycles. The Hall–Kier alpha value is -1.53. The summed E-state index contributed by atoms with van der Waals surface area (Å²) in [6.45, 7) is 6.17. The van der Waals surface area contributed by atoms with Crippen LogP contribution in [0, 0.1) is 5.92 Å². The van der Waals surface area contributed by atoms with Crippen molar-refractivity contribution < 1.29 is 9.59 Å². The van der Waals surface area contributed by atoms with Crippen LogP contribution in [0.15, 0.2) is 29.2 Å². The van der Waals surface area contributed by atoms with Crippen LogP contribution in [0.25, 0.3) is 0 Å². The molecule has 0 heterocycles. The van der Waals surface area contributed by atoms with Crippen LogP contribution in [-0.4, -0.2) is 24.2 Å². The van der Waals surface area contributed by atoms with Crippen molar-refractivity contribution in [2.45, 2.75) is 25.3 Å². The summed E-state index contributed by atoms with van der Waals surface area (Å²) in [4.78, 5) is 22.7. The number of hydrogen-bond donors (Lipinski definition) is 3. The summed E-state index contributed by atoms with van der Waals surface area (Å²) >= 11 is 1.37. The van der Waals surface area contributed by atoms with E-state index in [9.17, 15) is 9.59 Å². The van der Waals surface area contributed by atoms with E-state index in [-0.39, 0.29) is 11.7 Å². The normalized spacial score (nSPS) is 10.6. The minimum absolute atomic E-state index is 0.174. The number of thioether (sulfide) groups is 1. The van der Waals surface area contributed by atoms with Crippen molar-refractivity contribution >= 4 is 23.7 Å². The van der Waals surface area contributed by atoms with Gasteiger partial charge in [0, 0.05) is 11.4 Å². The van der Waals surface area contributed by atoms with Crippen LogP contribution in [0.4, 0.5) is 4.79 Å². The average Bonchev–Trinajstić information content (AvgIpc) is 2.36. The lowest BCUT2D eigenvalue weighted by Gasteiger charge is -2.08. The lowest BCUT2D eigenvalue weighted by atomic mass is 10.2. The molecule has 0 aliphatic carbocycles. The summed E-state index contributed by atoms with van der Waals surface area (Å²) in [5.41, 5.74) is 6.07. The smallest absolute Gasteiger partial charge is 0.318 e. The van der Waals surface area contributed by atoms with Gasteiger partial charge in [0.25, 0.3) is 0 Å². The SMILES string of the molecule is CC(C)CNCc1ccc(SCC(=O)NC(N)=O)cc1. The quantitative estimate of drug-likeness (QED) is 0.669. The van der Waals surface area contributed by atoms with Crippen LogP contribution in [0.1, 0.15) is 19.4 Å². The molecule has 4 N–H and O–H groups in total. The Morgan fingerprint density at radius 2 is 1.90 bits per heavy atom. The molecule has 1 aromatic carbocycles. The van der Waals surface area contributed by atoms with Gasteiger partial charge in [-0.2, -0.15) is 0 Å². The summed E-state index contributed by atoms with van der Waals surface area (Å²) in [5.74, 6) is 0.423. The fourth-order valence-corrected chi connectivity index (χ4v) is 2.23. The maximum Gasteiger partial charge on any atom is 0.318 e. The molecule has 0 bridgehead atoms. The third-order valence-corrected chi connectivity index (χ3v) is 3.45. The second kappa shape index (κ2) is 8.60. The Morgan fingerprint density at radius 1 is 1.25 bits per heavy atom. The maximum atomic E-state index is 11.3. The third-order valence-electron chi connectivity index (χ3n) is 2.44. The van der Waals surface area contributed by atoms with Crippen LogP contribution in [0.5, 0.6) is 0 Å². The van der Waals surface area contributed by atoms with Gasteiger partial charge in [-0.15, -0.1) is 11.8 Å². The Balaban J connectivity index is 2.35. The summed E-state index contributed by atoms with van der Waals surface area (Å²) in [5, 5.41) is 5.40. The van der Waals surface area contributed by atoms with Crippen LogP contribution in [0.3, 0.4) is 0 Å². The molecule has 20 heavy (non-hydrogen) atoms. The summed E-state index contributed by atoms with van der Waals surface area (Å²) in [6.07, 6.45) is 0. The number of amides is 3. The van der Waals surface area contributed by atoms with Gasteiger partial charge < -0.3 is 11.1 Å². The van der Waals surface area contributed by atoms with E-state index in [1.807, 2.05) is 29.6 Å². The Morgan fingerprint density at radius 3 is 2.45 bits per heavy atom. The number of imide groups is 1. The fourth-order valence-electron chi connectivity index (χ4n) is 1.53. The molecule has 5 nitrogen and oxygen atoms in total. The average molecular weight is 295 g/mol. The first-order chi connectivity index (χ1) is 9.47. The van der Waals surface area contributed by atoms with Crippen molar-refractivity contribution in [3.05, 3.63) is 29.8 Å². The zero-order valence-electron chi connectivity index (χ0n) is 11.8. The molecule has 0 radical (unpaired) electrons. The number of nitrogens with one attached hydrogen (secondary N) is 2. The predicted molar refractivity (Wildman–Crippen MR) is 81.4 cm³/mol. The first kappa shape index (κ1) is 16.5. The van der Waals surface area contributed by atoms with Crippen molar-refractivity contribution in [3.8, 4) is 0 Å². The zero-order chi connectivity index (χ0) is 15.0. The summed E-state index contributed by atoms with van der Waals surface area (Å²) in [6, 6.07) is 7.18. The van der Waals surface area contributed by atoms with Crippen molar-refractivity contribution in [2.75, 3.05) is 12.3 Å². The highest BCUT2D eigenvalue weighted by Crippen LogP contribution is 2.18. The molecule has 1 rings (SSSR count). The molecule has 0 atom stereocenters. The Bertz CT molecular complexity index is 446. The third kappa shape index (κ3) is 7.16. The highest BCUT2D eigenvalue weighted by atomic mass is 32.2. The zero-order valence-corrected chi connectivity index (χ0v) is 12.6. The molecule has 0 saturated heterocycles. The van der Waals surface area contributed by atoms with Crippen LogP contribution in [-0.2, 0) is 11.3 Å². The van der Waals surface area contributed by atoms with Gasteiger partial charge in [0.15, 0.2) is 0 Å². The molecule has 0 unspecified atom stereocenters. The highest BCUT2D eigenvalue weighted by molar-refractivity contribution is 8.00. The molecule has 0 saturated carbocycles. The Labute approximate surface area is 123 Å². The number of carbonyl (C=O) groups excluding carboxylic acids is 2. The van der Waals surface area contributed by atoms with E-state index < -0.39 is 6.03 Å². The standard InChI is InChI=1S/C14H21N3O2S/c1-10(2)7-16-8-11-3-5-12(6-4-11)20-9-13(18)17-14(15)19/h3-6,10,16H,7-9H2,1-2H3,(H3,15,17,18,19). The molecular weight excluding hydrogens is 274 g/mol. The minimum atomic E-state index is -0.817. The van der Waals surface area contributed by atoms with Gasteiger partial charge in [-0.3, -0.25) is 10.1 Å². The molecule has 0 aliphatic rings. The molecular formula is C14H21N3O2S. The fraction of sp³-hybridized carbons (Fsp3) is 0.429. The molecule has 3 amide bonds. The largest absolute Gasteiger partial charge is 0.351 e. The first-order valence-corrected chi connectivity index (χ1v) is 7.47. The molecule has 0 aromatic heterocycles. The van der Waals surface area contributed by atoms with E-state index >= 15 is 0 Å². The second-order valence-electron chi connectivity index (χ2n) is 4.87. The van der Waals surface area contributed by atoms with Gasteiger partial charge in [0.2, 0.25) is 5.91 Å². The number of hydrogen-bond acceptors (Lipinski definition) is 4. The minimum Gasteiger partial charge on any atom is -0.351 e. The maximum absolute atomic E-state index is 11.3. The first-order valence-electron chi connectivity index (χ1n) is 6.49. The van der Waals surface area contributed by atoms with Crippen molar-refractivity contribution in [3.63, 3.8) is 0 Å². The van der Waals surface area contributed by atoms with Crippen molar-refractivity contribution in [1.29, 1.82) is 0 Å². The predicted octanol–water partition coefficient (Wildman–Crippen LogP) is 1.72. The van der Waals surface area contributed by atoms with Gasteiger partial charge in [-0.25, -0.2) is 4.79 Å². The van der Waals surface area contributed by atoms with E-state index in [2.05, 4.69) is 19.2 Å². The topological polar surface area (TPSA) is 84.2 Å². The Kier molecular flexibility index (Phi) is 7.11. The number of benzene rings is 1. The van der Waals surface area contributed by atoms with E-state index in [0.717, 1.165) is 18.0 Å². The lowest BCUT2D eigenvalue weighted by Crippen LogP contribution is -2.36. The number of carbonyl (C=O) groups is 2. The van der Waals surface area contributed by atoms with Crippen molar-refractivity contribution in [1.82, 2.24) is 10.6 Å². The molecule has 0 spiro atoms. The van der Waals surface area contributed by atoms with E-state index in [4.69, 9.17) is 5.73 Å². The summed E-state index contributed by atoms with van der Waals surface area (Å²) in [7, 11) is 0. The van der Waals surface area contributed by atoms with E-state index in [1.165, 1.54) is 17.3 Å². The van der Waals surface area contributed by atoms with Gasteiger partial charge in [0.1, 0.15) is 0 Å². The molecule has 110 valence electrons. The van der Waals surface area contributed by atoms with Crippen molar-refractivity contribution in [2.24, 2.45) is 11.7 Å². The number of rotatable bonds is 7. The van der Waals surface area contributed by atoms with E-state index in [1.54, 1.807) is 0 Å².